The number of hydrogen-bond acceptors (Lipinski definition) is 1. The summed E-state index contributed by atoms with van der Waals surface area (Å²) in [6.45, 7) is 0. The molecular weight excluding hydrogens is 470 g/mol. The van der Waals surface area contributed by atoms with Crippen LogP contribution in [0.25, 0.3) is 0 Å². The SMILES string of the molecule is FC(F)(F)C(F)(F)O[Si](C(F)(F)F)(C(F)(F)F)C(F)(F)C(F)(F)C(F)(F)F. The molecule has 20 heteroatoms. The molecule has 0 aromatic carbocycles. The third-order valence-corrected chi connectivity index (χ3v) is 5.96. The van der Waals surface area contributed by atoms with Gasteiger partial charge < -0.3 is 4.43 Å². The summed E-state index contributed by atoms with van der Waals surface area (Å²) >= 11 is 0. The average molecular weight is 470 g/mol. The summed E-state index contributed by atoms with van der Waals surface area (Å²) in [6.07, 6.45) is -23.4. The van der Waals surface area contributed by atoms with Crippen molar-refractivity contribution < 1.29 is 83.5 Å². The molecule has 0 aromatic rings. The van der Waals surface area contributed by atoms with Gasteiger partial charge in [0.25, 0.3) is 0 Å². The van der Waals surface area contributed by atoms with Crippen LogP contribution in [0, 0.1) is 0 Å². The molecule has 0 rings (SSSR count). The molecule has 27 heavy (non-hydrogen) atoms. The number of alkyl halides is 18. The highest BCUT2D eigenvalue weighted by Crippen LogP contribution is 2.61. The van der Waals surface area contributed by atoms with Gasteiger partial charge in [-0.15, -0.1) is 0 Å². The van der Waals surface area contributed by atoms with Crippen molar-refractivity contribution in [1.82, 2.24) is 0 Å². The fraction of sp³-hybridized carbons (Fsp3) is 1.00. The van der Waals surface area contributed by atoms with E-state index in [0.29, 0.717) is 0 Å². The van der Waals surface area contributed by atoms with E-state index in [1.54, 1.807) is 0 Å². The van der Waals surface area contributed by atoms with Crippen molar-refractivity contribution in [3.05, 3.63) is 0 Å². The molecule has 0 saturated carbocycles. The second-order valence-electron chi connectivity index (χ2n) is 4.44. The van der Waals surface area contributed by atoms with Gasteiger partial charge in [-0.1, -0.05) is 0 Å². The molecule has 0 amide bonds. The molecule has 0 heterocycles. The van der Waals surface area contributed by atoms with Gasteiger partial charge in [-0.25, -0.2) is 8.78 Å². The Morgan fingerprint density at radius 3 is 0.926 bits per heavy atom. The lowest BCUT2D eigenvalue weighted by Crippen LogP contribution is -2.82. The molecule has 0 unspecified atom stereocenters. The Morgan fingerprint density at radius 1 is 0.444 bits per heavy atom. The van der Waals surface area contributed by atoms with E-state index in [2.05, 4.69) is 0 Å². The van der Waals surface area contributed by atoms with Crippen LogP contribution in [0.4, 0.5) is 79.0 Å². The fourth-order valence-corrected chi connectivity index (χ4v) is 3.82. The molecule has 0 atom stereocenters. The van der Waals surface area contributed by atoms with E-state index in [0.717, 1.165) is 0 Å². The molecule has 1 nitrogen and oxygen atoms in total. The number of rotatable bonds is 4. The minimum absolute atomic E-state index is 1.17. The van der Waals surface area contributed by atoms with Crippen molar-refractivity contribution in [2.45, 2.75) is 41.5 Å². The molecule has 0 N–H and O–H groups in total. The van der Waals surface area contributed by atoms with E-state index in [9.17, 15) is 79.0 Å². The fourth-order valence-electron chi connectivity index (χ4n) is 1.35. The first-order valence-corrected chi connectivity index (χ1v) is 7.22. The highest BCUT2D eigenvalue weighted by atomic mass is 28.4. The monoisotopic (exact) mass is 470 g/mol. The Bertz CT molecular complexity index is 518. The molecule has 0 radical (unpaired) electrons. The predicted octanol–water partition coefficient (Wildman–Crippen LogP) is 5.68. The van der Waals surface area contributed by atoms with Gasteiger partial charge >= 0.3 is 49.8 Å². The maximum atomic E-state index is 13.3. The smallest absolute Gasteiger partial charge is 0.332 e. The largest absolute Gasteiger partial charge is 0.519 e. The van der Waals surface area contributed by atoms with Crippen LogP contribution >= 0.6 is 0 Å². The molecule has 0 bridgehead atoms. The highest BCUT2D eigenvalue weighted by Gasteiger charge is 2.99. The predicted molar refractivity (Wildman–Crippen MR) is 45.9 cm³/mol. The number of hydrogen-bond donors (Lipinski definition) is 0. The summed E-state index contributed by atoms with van der Waals surface area (Å²) < 4.78 is 224. The maximum Gasteiger partial charge on any atom is 0.519 e. The van der Waals surface area contributed by atoms with Crippen LogP contribution < -0.4 is 0 Å². The molecule has 0 aliphatic rings. The molecule has 0 saturated heterocycles. The summed E-state index contributed by atoms with van der Waals surface area (Å²) in [5.74, 6) is -24.8. The van der Waals surface area contributed by atoms with Crippen LogP contribution in [0.5, 0.6) is 0 Å². The van der Waals surface area contributed by atoms with E-state index in [4.69, 9.17) is 0 Å². The van der Waals surface area contributed by atoms with Gasteiger partial charge in [-0.2, -0.15) is 70.2 Å². The minimum Gasteiger partial charge on any atom is -0.332 e. The Kier molecular flexibility index (Phi) is 5.96. The van der Waals surface area contributed by atoms with Gasteiger partial charge in [0.05, 0.1) is 0 Å². The lowest BCUT2D eigenvalue weighted by atomic mass is 10.3. The number of halogens is 18. The maximum absolute atomic E-state index is 13.3. The van der Waals surface area contributed by atoms with E-state index < -0.39 is 49.8 Å². The van der Waals surface area contributed by atoms with Crippen LogP contribution in [-0.2, 0) is 4.43 Å². The quantitative estimate of drug-likeness (QED) is 0.380. The summed E-state index contributed by atoms with van der Waals surface area (Å²) in [6, 6.07) is 0. The zero-order chi connectivity index (χ0) is 22.7. The summed E-state index contributed by atoms with van der Waals surface area (Å²) in [5, 5.41) is 0. The van der Waals surface area contributed by atoms with Crippen molar-refractivity contribution in [3.8, 4) is 0 Å². The van der Waals surface area contributed by atoms with Crippen LogP contribution in [0.1, 0.15) is 0 Å². The van der Waals surface area contributed by atoms with Gasteiger partial charge in [0.1, 0.15) is 0 Å². The van der Waals surface area contributed by atoms with Crippen molar-refractivity contribution in [2.75, 3.05) is 0 Å². The van der Waals surface area contributed by atoms with Gasteiger partial charge in [0.2, 0.25) is 0 Å². The normalized spacial score (nSPS) is 16.7. The zero-order valence-electron chi connectivity index (χ0n) is 11.2. The lowest BCUT2D eigenvalue weighted by Gasteiger charge is -2.43. The molecule has 164 valence electrons. The Balaban J connectivity index is 7.19. The lowest BCUT2D eigenvalue weighted by molar-refractivity contribution is -0.388. The van der Waals surface area contributed by atoms with E-state index >= 15 is 0 Å². The molecule has 0 aliphatic heterocycles. The van der Waals surface area contributed by atoms with Gasteiger partial charge in [0, 0.05) is 0 Å². The summed E-state index contributed by atoms with van der Waals surface area (Å²) in [7, 11) is -10.7. The van der Waals surface area contributed by atoms with Crippen molar-refractivity contribution in [3.63, 3.8) is 0 Å². The Morgan fingerprint density at radius 2 is 0.741 bits per heavy atom. The third kappa shape index (κ3) is 3.77. The molecule has 0 aliphatic carbocycles. The third-order valence-electron chi connectivity index (χ3n) is 2.60. The van der Waals surface area contributed by atoms with E-state index in [1.807, 2.05) is 0 Å². The first-order chi connectivity index (χ1) is 11.2. The minimum atomic E-state index is -10.7. The van der Waals surface area contributed by atoms with Crippen LogP contribution in [0.3, 0.4) is 0 Å². The van der Waals surface area contributed by atoms with Gasteiger partial charge in [-0.05, 0) is 0 Å². The standard InChI is InChI=1S/C7F18OSi/c8-1(9,2(10,11)12)5(18,19)27(6(20,21)22,7(23,24)25)26-4(16,17)3(13,14)15. The first kappa shape index (κ1) is 25.9. The van der Waals surface area contributed by atoms with Crippen molar-refractivity contribution in [2.24, 2.45) is 0 Å². The molecular formula is C7F18OSi. The van der Waals surface area contributed by atoms with Crippen LogP contribution in [0.2, 0.25) is 0 Å². The Labute approximate surface area is 135 Å². The Hall–Kier alpha value is -1.08. The van der Waals surface area contributed by atoms with Crippen LogP contribution in [0.15, 0.2) is 0 Å². The topological polar surface area (TPSA) is 9.23 Å². The van der Waals surface area contributed by atoms with Gasteiger partial charge in [0.15, 0.2) is 0 Å². The second-order valence-corrected chi connectivity index (χ2v) is 7.77. The summed E-state index contributed by atoms with van der Waals surface area (Å²) in [4.78, 5) is 0. The van der Waals surface area contributed by atoms with Gasteiger partial charge in [-0.3, -0.25) is 0 Å². The zero-order valence-corrected chi connectivity index (χ0v) is 12.2. The first-order valence-electron chi connectivity index (χ1n) is 5.31. The average Bonchev–Trinajstić information content (AvgIpc) is 2.29. The van der Waals surface area contributed by atoms with E-state index in [1.165, 1.54) is 4.43 Å². The van der Waals surface area contributed by atoms with Crippen LogP contribution in [-0.4, -0.2) is 49.8 Å². The summed E-state index contributed by atoms with van der Waals surface area (Å²) in [5.41, 5.74) is -8.64. The molecule has 0 aromatic heterocycles. The highest BCUT2D eigenvalue weighted by molar-refractivity contribution is 6.80. The van der Waals surface area contributed by atoms with E-state index in [-0.39, 0.29) is 0 Å². The van der Waals surface area contributed by atoms with Crippen molar-refractivity contribution >= 4 is 8.32 Å². The second kappa shape index (κ2) is 6.21. The van der Waals surface area contributed by atoms with Crippen molar-refractivity contribution in [1.29, 1.82) is 0 Å². The molecule has 0 spiro atoms. The molecule has 0 fully saturated rings.